The number of fused-ring (bicyclic) bond motifs is 3. The van der Waals surface area contributed by atoms with Crippen LogP contribution in [0.5, 0.6) is 0 Å². The summed E-state index contributed by atoms with van der Waals surface area (Å²) in [5.74, 6) is -0.959. The second kappa shape index (κ2) is 8.66. The van der Waals surface area contributed by atoms with Gasteiger partial charge in [0.2, 0.25) is 0 Å². The lowest BCUT2D eigenvalue weighted by Gasteiger charge is -2.14. The van der Waals surface area contributed by atoms with Crippen LogP contribution in [-0.4, -0.2) is 23.8 Å². The van der Waals surface area contributed by atoms with Gasteiger partial charge in [-0.1, -0.05) is 72.8 Å². The van der Waals surface area contributed by atoms with E-state index in [4.69, 9.17) is 9.84 Å². The molecule has 1 aliphatic carbocycles. The molecule has 2 N–H and O–H groups in total. The summed E-state index contributed by atoms with van der Waals surface area (Å²) in [6.07, 6.45) is 2.14. The first kappa shape index (κ1) is 19.5. The molecule has 150 valence electrons. The molecule has 0 atom stereocenters. The smallest absolute Gasteiger partial charge is 0.407 e. The van der Waals surface area contributed by atoms with Gasteiger partial charge in [-0.15, -0.1) is 0 Å². The van der Waals surface area contributed by atoms with Crippen LogP contribution in [0.2, 0.25) is 0 Å². The van der Waals surface area contributed by atoms with E-state index in [9.17, 15) is 9.59 Å². The van der Waals surface area contributed by atoms with Crippen LogP contribution < -0.4 is 5.32 Å². The van der Waals surface area contributed by atoms with Crippen molar-refractivity contribution in [2.75, 3.05) is 6.61 Å². The second-order valence-electron chi connectivity index (χ2n) is 7.09. The Bertz CT molecular complexity index is 1060. The maximum absolute atomic E-state index is 12.2. The van der Waals surface area contributed by atoms with E-state index in [1.165, 1.54) is 28.3 Å². The summed E-state index contributed by atoms with van der Waals surface area (Å²) in [6.45, 7) is 0.610. The summed E-state index contributed by atoms with van der Waals surface area (Å²) in [5, 5.41) is 11.4. The predicted molar refractivity (Wildman–Crippen MR) is 115 cm³/mol. The Morgan fingerprint density at radius 3 is 2.10 bits per heavy atom. The highest BCUT2D eigenvalue weighted by Crippen LogP contribution is 2.44. The Labute approximate surface area is 174 Å². The van der Waals surface area contributed by atoms with Crippen molar-refractivity contribution in [2.45, 2.75) is 12.5 Å². The molecule has 3 aromatic carbocycles. The maximum atomic E-state index is 12.2. The first-order valence-electron chi connectivity index (χ1n) is 9.70. The highest BCUT2D eigenvalue weighted by Gasteiger charge is 2.28. The Morgan fingerprint density at radius 1 is 0.900 bits per heavy atom. The van der Waals surface area contributed by atoms with Crippen molar-refractivity contribution in [3.63, 3.8) is 0 Å². The normalized spacial score (nSPS) is 12.4. The van der Waals surface area contributed by atoms with Gasteiger partial charge in [0.15, 0.2) is 0 Å². The van der Waals surface area contributed by atoms with E-state index in [1.54, 1.807) is 12.1 Å². The number of nitrogens with one attached hydrogen (secondary N) is 1. The number of alkyl carbamates (subject to hydrolysis) is 1. The van der Waals surface area contributed by atoms with E-state index in [2.05, 4.69) is 29.6 Å². The quantitative estimate of drug-likeness (QED) is 0.583. The number of rotatable bonds is 6. The summed E-state index contributed by atoms with van der Waals surface area (Å²) in [6, 6.07) is 23.7. The summed E-state index contributed by atoms with van der Waals surface area (Å²) in [4.78, 5) is 22.8. The molecule has 1 aliphatic rings. The molecule has 1 amide bonds. The zero-order valence-corrected chi connectivity index (χ0v) is 16.2. The monoisotopic (exact) mass is 399 g/mol. The fourth-order valence-electron chi connectivity index (χ4n) is 3.74. The topological polar surface area (TPSA) is 75.6 Å². The molecule has 30 heavy (non-hydrogen) atoms. The van der Waals surface area contributed by atoms with Crippen molar-refractivity contribution in [3.05, 3.63) is 101 Å². The maximum Gasteiger partial charge on any atom is 0.407 e. The van der Waals surface area contributed by atoms with Crippen molar-refractivity contribution < 1.29 is 19.4 Å². The molecule has 0 heterocycles. The van der Waals surface area contributed by atoms with E-state index in [1.807, 2.05) is 36.4 Å². The van der Waals surface area contributed by atoms with Gasteiger partial charge in [-0.2, -0.15) is 0 Å². The fourth-order valence-corrected chi connectivity index (χ4v) is 3.74. The molecule has 0 bridgehead atoms. The summed E-state index contributed by atoms with van der Waals surface area (Å²) in [7, 11) is 0. The summed E-state index contributed by atoms with van der Waals surface area (Å²) in [5.41, 5.74) is 6.42. The zero-order valence-electron chi connectivity index (χ0n) is 16.2. The van der Waals surface area contributed by atoms with Crippen molar-refractivity contribution in [1.82, 2.24) is 5.32 Å². The number of hydrogen-bond acceptors (Lipinski definition) is 3. The molecule has 0 saturated carbocycles. The Morgan fingerprint density at radius 2 is 1.50 bits per heavy atom. The van der Waals surface area contributed by atoms with Crippen LogP contribution in [0.4, 0.5) is 4.79 Å². The predicted octanol–water partition coefficient (Wildman–Crippen LogP) is 4.82. The van der Waals surface area contributed by atoms with E-state index >= 15 is 0 Å². The van der Waals surface area contributed by atoms with Gasteiger partial charge >= 0.3 is 12.1 Å². The average Bonchev–Trinajstić information content (AvgIpc) is 3.09. The van der Waals surface area contributed by atoms with Crippen LogP contribution >= 0.6 is 0 Å². The van der Waals surface area contributed by atoms with Crippen LogP contribution in [0.1, 0.15) is 28.2 Å². The molecule has 5 nitrogen and oxygen atoms in total. The first-order chi connectivity index (χ1) is 14.6. The number of carbonyl (C=O) groups excluding carboxylic acids is 1. The molecule has 3 aromatic rings. The van der Waals surface area contributed by atoms with E-state index in [-0.39, 0.29) is 12.5 Å². The number of carbonyl (C=O) groups is 2. The summed E-state index contributed by atoms with van der Waals surface area (Å²) >= 11 is 0. The van der Waals surface area contributed by atoms with Gasteiger partial charge in [-0.25, -0.2) is 9.59 Å². The van der Waals surface area contributed by atoms with Crippen LogP contribution in [0.3, 0.4) is 0 Å². The number of carboxylic acids is 1. The lowest BCUT2D eigenvalue weighted by atomic mass is 9.98. The number of aliphatic carboxylic acids is 1. The van der Waals surface area contributed by atoms with E-state index in [0.29, 0.717) is 6.54 Å². The fraction of sp³-hybridized carbons (Fsp3) is 0.120. The van der Waals surface area contributed by atoms with Gasteiger partial charge in [0.1, 0.15) is 6.61 Å². The van der Waals surface area contributed by atoms with Gasteiger partial charge in [-0.05, 0) is 39.5 Å². The van der Waals surface area contributed by atoms with Crippen LogP contribution in [0.15, 0.2) is 78.9 Å². The highest BCUT2D eigenvalue weighted by molar-refractivity contribution is 5.85. The van der Waals surface area contributed by atoms with Gasteiger partial charge in [0, 0.05) is 18.5 Å². The lowest BCUT2D eigenvalue weighted by molar-refractivity contribution is -0.131. The minimum Gasteiger partial charge on any atom is -0.478 e. The van der Waals surface area contributed by atoms with E-state index in [0.717, 1.165) is 17.2 Å². The van der Waals surface area contributed by atoms with Gasteiger partial charge in [-0.3, -0.25) is 0 Å². The van der Waals surface area contributed by atoms with Crippen molar-refractivity contribution in [1.29, 1.82) is 0 Å². The van der Waals surface area contributed by atoms with Gasteiger partial charge < -0.3 is 15.2 Å². The van der Waals surface area contributed by atoms with Crippen LogP contribution in [0.25, 0.3) is 17.2 Å². The molecule has 0 saturated heterocycles. The van der Waals surface area contributed by atoms with Crippen molar-refractivity contribution in [3.8, 4) is 11.1 Å². The zero-order chi connectivity index (χ0) is 20.9. The van der Waals surface area contributed by atoms with Crippen molar-refractivity contribution in [2.24, 2.45) is 0 Å². The standard InChI is InChI=1S/C25H21NO4/c27-24(28)14-13-17-9-11-18(12-10-17)15-26-25(29)30-16-23-21-7-3-1-5-19(21)20-6-2-4-8-22(20)23/h1-14,23H,15-16H2,(H,26,29)(H,27,28)/b14-13+. The molecular formula is C25H21NO4. The third-order valence-corrected chi connectivity index (χ3v) is 5.18. The Hall–Kier alpha value is -3.86. The number of ether oxygens (including phenoxy) is 1. The molecule has 0 aromatic heterocycles. The number of benzene rings is 3. The average molecular weight is 399 g/mol. The minimum atomic E-state index is -0.990. The van der Waals surface area contributed by atoms with Crippen molar-refractivity contribution >= 4 is 18.1 Å². The van der Waals surface area contributed by atoms with Crippen LogP contribution in [-0.2, 0) is 16.1 Å². The number of carboxylic acid groups (broad SMARTS) is 1. The minimum absolute atomic E-state index is 0.0310. The molecular weight excluding hydrogens is 378 g/mol. The molecule has 0 radical (unpaired) electrons. The SMILES string of the molecule is O=C(O)/C=C/c1ccc(CNC(=O)OCC2c3ccccc3-c3ccccc32)cc1. The second-order valence-corrected chi connectivity index (χ2v) is 7.09. The molecule has 0 unspecified atom stereocenters. The number of hydrogen-bond donors (Lipinski definition) is 2. The summed E-state index contributed by atoms with van der Waals surface area (Å²) < 4.78 is 5.52. The Kier molecular flexibility index (Phi) is 5.61. The molecule has 4 rings (SSSR count). The van der Waals surface area contributed by atoms with Crippen LogP contribution in [0, 0.1) is 0 Å². The molecule has 5 heteroatoms. The van der Waals surface area contributed by atoms with Gasteiger partial charge in [0.05, 0.1) is 0 Å². The molecule has 0 aliphatic heterocycles. The largest absolute Gasteiger partial charge is 0.478 e. The molecule has 0 fully saturated rings. The third kappa shape index (κ3) is 4.25. The lowest BCUT2D eigenvalue weighted by Crippen LogP contribution is -2.25. The third-order valence-electron chi connectivity index (χ3n) is 5.18. The molecule has 0 spiro atoms. The van der Waals surface area contributed by atoms with E-state index < -0.39 is 12.1 Å². The van der Waals surface area contributed by atoms with Gasteiger partial charge in [0.25, 0.3) is 0 Å². The highest BCUT2D eigenvalue weighted by atomic mass is 16.5. The first-order valence-corrected chi connectivity index (χ1v) is 9.70. The number of amides is 1. The Balaban J connectivity index is 1.34.